The van der Waals surface area contributed by atoms with Gasteiger partial charge in [-0.2, -0.15) is 0 Å². The van der Waals surface area contributed by atoms with Gasteiger partial charge >= 0.3 is 0 Å². The predicted molar refractivity (Wildman–Crippen MR) is 74.7 cm³/mol. The third kappa shape index (κ3) is 2.82. The second kappa shape index (κ2) is 5.40. The average molecular weight is 264 g/mol. The smallest absolute Gasteiger partial charge is 0.123 e. The lowest BCUT2D eigenvalue weighted by atomic mass is 10.1. The van der Waals surface area contributed by atoms with E-state index < -0.39 is 0 Å². The molecule has 0 atom stereocenters. The van der Waals surface area contributed by atoms with Gasteiger partial charge in [0, 0.05) is 17.3 Å². The maximum absolute atomic E-state index is 13.1. The average Bonchev–Trinajstić information content (AvgIpc) is 2.35. The summed E-state index contributed by atoms with van der Waals surface area (Å²) in [6.07, 6.45) is 0. The first-order chi connectivity index (χ1) is 8.58. The van der Waals surface area contributed by atoms with Crippen molar-refractivity contribution in [1.82, 2.24) is 0 Å². The number of rotatable bonds is 3. The van der Waals surface area contributed by atoms with Crippen LogP contribution < -0.4 is 5.32 Å². The molecule has 0 aliphatic heterocycles. The van der Waals surface area contributed by atoms with Crippen LogP contribution in [0.15, 0.2) is 36.4 Å². The number of hydrogen-bond acceptors (Lipinski definition) is 1. The van der Waals surface area contributed by atoms with E-state index in [1.54, 1.807) is 6.07 Å². The first-order valence-electron chi connectivity index (χ1n) is 5.82. The molecule has 0 saturated carbocycles. The summed E-state index contributed by atoms with van der Waals surface area (Å²) in [4.78, 5) is 0. The van der Waals surface area contributed by atoms with E-state index in [-0.39, 0.29) is 5.82 Å². The fourth-order valence-electron chi connectivity index (χ4n) is 1.81. The van der Waals surface area contributed by atoms with Crippen LogP contribution in [0.25, 0.3) is 0 Å². The molecule has 0 unspecified atom stereocenters. The van der Waals surface area contributed by atoms with Gasteiger partial charge in [0.05, 0.1) is 0 Å². The Hall–Kier alpha value is -1.54. The highest BCUT2D eigenvalue weighted by atomic mass is 35.5. The molecule has 0 radical (unpaired) electrons. The number of aryl methyl sites for hydroxylation is 1. The second-order valence-electron chi connectivity index (χ2n) is 4.34. The zero-order valence-corrected chi connectivity index (χ0v) is 11.2. The van der Waals surface area contributed by atoms with E-state index in [1.807, 2.05) is 12.1 Å². The van der Waals surface area contributed by atoms with Crippen molar-refractivity contribution in [3.05, 3.63) is 63.9 Å². The van der Waals surface area contributed by atoms with Gasteiger partial charge < -0.3 is 5.32 Å². The van der Waals surface area contributed by atoms with E-state index in [1.165, 1.54) is 23.3 Å². The van der Waals surface area contributed by atoms with E-state index >= 15 is 0 Å². The molecule has 0 aliphatic carbocycles. The molecular weight excluding hydrogens is 249 g/mol. The Bertz CT molecular complexity index is 564. The summed E-state index contributed by atoms with van der Waals surface area (Å²) in [6.45, 7) is 4.64. The Balaban J connectivity index is 2.16. The van der Waals surface area contributed by atoms with E-state index in [4.69, 9.17) is 11.6 Å². The maximum Gasteiger partial charge on any atom is 0.123 e. The monoisotopic (exact) mass is 263 g/mol. The van der Waals surface area contributed by atoms with E-state index in [9.17, 15) is 4.39 Å². The fraction of sp³-hybridized carbons (Fsp3) is 0.200. The summed E-state index contributed by atoms with van der Waals surface area (Å²) >= 11 is 6.03. The molecule has 0 bridgehead atoms. The summed E-state index contributed by atoms with van der Waals surface area (Å²) < 4.78 is 13.1. The van der Waals surface area contributed by atoms with Crippen LogP contribution in [-0.4, -0.2) is 0 Å². The molecule has 0 fully saturated rings. The van der Waals surface area contributed by atoms with Gasteiger partial charge in [0.15, 0.2) is 0 Å². The van der Waals surface area contributed by atoms with Gasteiger partial charge in [-0.25, -0.2) is 4.39 Å². The van der Waals surface area contributed by atoms with E-state index in [0.717, 1.165) is 11.3 Å². The van der Waals surface area contributed by atoms with Gasteiger partial charge in [-0.1, -0.05) is 23.7 Å². The van der Waals surface area contributed by atoms with Gasteiger partial charge in [0.2, 0.25) is 0 Å². The van der Waals surface area contributed by atoms with E-state index in [0.29, 0.717) is 11.6 Å². The first kappa shape index (κ1) is 12.9. The van der Waals surface area contributed by atoms with Crippen LogP contribution in [0, 0.1) is 19.7 Å². The topological polar surface area (TPSA) is 12.0 Å². The fourth-order valence-corrected chi connectivity index (χ4v) is 2.00. The molecule has 0 aromatic heterocycles. The first-order valence-corrected chi connectivity index (χ1v) is 6.20. The standard InChI is InChI=1S/C15H15ClFN/c1-10-4-3-5-15(11(10)2)18-9-12-8-13(17)6-7-14(12)16/h3-8,18H,9H2,1-2H3. The molecule has 0 saturated heterocycles. The Labute approximate surface area is 112 Å². The van der Waals surface area contributed by atoms with Gasteiger partial charge in [0.1, 0.15) is 5.82 Å². The van der Waals surface area contributed by atoms with E-state index in [2.05, 4.69) is 25.2 Å². The minimum atomic E-state index is -0.267. The normalized spacial score (nSPS) is 10.4. The van der Waals surface area contributed by atoms with Crippen molar-refractivity contribution in [2.45, 2.75) is 20.4 Å². The molecule has 0 aliphatic rings. The summed E-state index contributed by atoms with van der Waals surface area (Å²) in [5, 5.41) is 3.86. The Morgan fingerprint density at radius 3 is 2.72 bits per heavy atom. The lowest BCUT2D eigenvalue weighted by molar-refractivity contribution is 0.626. The quantitative estimate of drug-likeness (QED) is 0.846. The van der Waals surface area contributed by atoms with Gasteiger partial charge in [-0.3, -0.25) is 0 Å². The molecule has 0 heterocycles. The van der Waals surface area contributed by atoms with Gasteiger partial charge in [-0.05, 0) is 54.8 Å². The number of anilines is 1. The Morgan fingerprint density at radius 1 is 1.17 bits per heavy atom. The molecular formula is C15H15ClFN. The number of hydrogen-bond donors (Lipinski definition) is 1. The minimum absolute atomic E-state index is 0.267. The number of benzene rings is 2. The lowest BCUT2D eigenvalue weighted by Gasteiger charge is -2.12. The van der Waals surface area contributed by atoms with Crippen LogP contribution in [0.1, 0.15) is 16.7 Å². The molecule has 1 N–H and O–H groups in total. The maximum atomic E-state index is 13.1. The van der Waals surface area contributed by atoms with Crippen LogP contribution in [0.2, 0.25) is 5.02 Å². The SMILES string of the molecule is Cc1cccc(NCc2cc(F)ccc2Cl)c1C. The third-order valence-corrected chi connectivity index (χ3v) is 3.45. The van der Waals surface area contributed by atoms with Crippen molar-refractivity contribution < 1.29 is 4.39 Å². The van der Waals surface area contributed by atoms with Crippen LogP contribution >= 0.6 is 11.6 Å². The molecule has 2 aromatic carbocycles. The predicted octanol–water partition coefficient (Wildman–Crippen LogP) is 4.71. The number of halogens is 2. The Kier molecular flexibility index (Phi) is 3.87. The molecule has 94 valence electrons. The van der Waals surface area contributed by atoms with Crippen molar-refractivity contribution in [3.8, 4) is 0 Å². The van der Waals surface area contributed by atoms with Crippen molar-refractivity contribution in [1.29, 1.82) is 0 Å². The van der Waals surface area contributed by atoms with Crippen molar-refractivity contribution in [3.63, 3.8) is 0 Å². The highest BCUT2D eigenvalue weighted by molar-refractivity contribution is 6.31. The summed E-state index contributed by atoms with van der Waals surface area (Å²) in [7, 11) is 0. The second-order valence-corrected chi connectivity index (χ2v) is 4.74. The van der Waals surface area contributed by atoms with Crippen LogP contribution in [0.5, 0.6) is 0 Å². The summed E-state index contributed by atoms with van der Waals surface area (Å²) in [6, 6.07) is 10.5. The molecule has 3 heteroatoms. The summed E-state index contributed by atoms with van der Waals surface area (Å²) in [5.41, 5.74) is 4.24. The van der Waals surface area contributed by atoms with Crippen molar-refractivity contribution in [2.75, 3.05) is 5.32 Å². The van der Waals surface area contributed by atoms with Crippen LogP contribution in [-0.2, 0) is 6.54 Å². The van der Waals surface area contributed by atoms with Crippen molar-refractivity contribution in [2.24, 2.45) is 0 Å². The number of nitrogens with one attached hydrogen (secondary N) is 1. The molecule has 2 aromatic rings. The summed E-state index contributed by atoms with van der Waals surface area (Å²) in [5.74, 6) is -0.267. The largest absolute Gasteiger partial charge is 0.381 e. The van der Waals surface area contributed by atoms with Crippen LogP contribution in [0.3, 0.4) is 0 Å². The van der Waals surface area contributed by atoms with Gasteiger partial charge in [-0.15, -0.1) is 0 Å². The zero-order chi connectivity index (χ0) is 13.1. The molecule has 0 amide bonds. The highest BCUT2D eigenvalue weighted by Gasteiger charge is 2.04. The third-order valence-electron chi connectivity index (χ3n) is 3.08. The lowest BCUT2D eigenvalue weighted by Crippen LogP contribution is -2.02. The molecule has 18 heavy (non-hydrogen) atoms. The Morgan fingerprint density at radius 2 is 1.94 bits per heavy atom. The van der Waals surface area contributed by atoms with Crippen molar-refractivity contribution >= 4 is 17.3 Å². The minimum Gasteiger partial charge on any atom is -0.381 e. The van der Waals surface area contributed by atoms with Crippen LogP contribution in [0.4, 0.5) is 10.1 Å². The highest BCUT2D eigenvalue weighted by Crippen LogP contribution is 2.21. The zero-order valence-electron chi connectivity index (χ0n) is 10.4. The van der Waals surface area contributed by atoms with Gasteiger partial charge in [0.25, 0.3) is 0 Å². The molecule has 2 rings (SSSR count). The molecule has 0 spiro atoms. The molecule has 1 nitrogen and oxygen atoms in total.